The molecule has 1 aromatic heterocycles. The summed E-state index contributed by atoms with van der Waals surface area (Å²) in [6.45, 7) is -0.335. The van der Waals surface area contributed by atoms with Crippen molar-refractivity contribution in [1.29, 1.82) is 0 Å². The monoisotopic (exact) mass is 343 g/mol. The Kier molecular flexibility index (Phi) is 4.12. The van der Waals surface area contributed by atoms with E-state index in [9.17, 15) is 18.0 Å². The largest absolute Gasteiger partial charge is 0.482 e. The summed E-state index contributed by atoms with van der Waals surface area (Å²) in [4.78, 5) is 17.7. The number of thiazole rings is 1. The number of rotatable bonds is 3. The number of benzene rings is 1. The summed E-state index contributed by atoms with van der Waals surface area (Å²) in [5.41, 5.74) is 0.302. The van der Waals surface area contributed by atoms with Gasteiger partial charge in [-0.25, -0.2) is 9.78 Å². The molecule has 5 nitrogen and oxygen atoms in total. The van der Waals surface area contributed by atoms with Gasteiger partial charge >= 0.3 is 12.2 Å². The second-order valence-corrected chi connectivity index (χ2v) is 5.86. The number of halogens is 3. The van der Waals surface area contributed by atoms with E-state index in [2.05, 4.69) is 10.3 Å². The van der Waals surface area contributed by atoms with Gasteiger partial charge in [-0.2, -0.15) is 13.2 Å². The smallest absolute Gasteiger partial charge is 0.422 e. The average molecular weight is 343 g/mol. The van der Waals surface area contributed by atoms with Crippen LogP contribution in [0.4, 0.5) is 23.1 Å². The molecular formula is C14H12F3N3O2S. The van der Waals surface area contributed by atoms with Crippen molar-refractivity contribution in [3.63, 3.8) is 0 Å². The van der Waals surface area contributed by atoms with Crippen molar-refractivity contribution in [1.82, 2.24) is 9.88 Å². The zero-order chi connectivity index (χ0) is 16.4. The van der Waals surface area contributed by atoms with Gasteiger partial charge in [-0.05, 0) is 12.1 Å². The first-order valence-electron chi connectivity index (χ1n) is 6.72. The Labute approximate surface area is 133 Å². The first-order chi connectivity index (χ1) is 10.9. The molecular weight excluding hydrogens is 331 g/mol. The molecule has 1 N–H and O–H groups in total. The van der Waals surface area contributed by atoms with E-state index in [1.807, 2.05) is 12.2 Å². The number of alkyl halides is 3. The van der Waals surface area contributed by atoms with Gasteiger partial charge < -0.3 is 9.64 Å². The lowest BCUT2D eigenvalue weighted by molar-refractivity contribution is -0.153. The van der Waals surface area contributed by atoms with Gasteiger partial charge in [-0.1, -0.05) is 29.6 Å². The predicted octanol–water partition coefficient (Wildman–Crippen LogP) is 3.64. The molecule has 3 rings (SSSR count). The molecule has 1 aromatic carbocycles. The number of anilines is 1. The number of para-hydroxylation sites is 1. The number of ether oxygens (including phenoxy) is 1. The Morgan fingerprint density at radius 1 is 1.35 bits per heavy atom. The van der Waals surface area contributed by atoms with Gasteiger partial charge in [0, 0.05) is 13.1 Å². The molecule has 9 heteroatoms. The van der Waals surface area contributed by atoms with E-state index in [0.717, 1.165) is 0 Å². The van der Waals surface area contributed by atoms with Gasteiger partial charge in [0.1, 0.15) is 11.3 Å². The standard InChI is InChI=1S/C14H12F3N3O2S/c15-14(16,17)8-22-9-4-3-5-10-11(9)18-12(23-10)19-13(21)20-6-1-2-7-20/h1-5H,6-8H2,(H,18,19,21). The summed E-state index contributed by atoms with van der Waals surface area (Å²) < 4.78 is 42.3. The Morgan fingerprint density at radius 2 is 2.09 bits per heavy atom. The lowest BCUT2D eigenvalue weighted by Gasteiger charge is -2.14. The topological polar surface area (TPSA) is 54.5 Å². The van der Waals surface area contributed by atoms with Crippen molar-refractivity contribution < 1.29 is 22.7 Å². The van der Waals surface area contributed by atoms with Crippen molar-refractivity contribution in [3.05, 3.63) is 30.4 Å². The van der Waals surface area contributed by atoms with Gasteiger partial charge in [-0.15, -0.1) is 0 Å². The third-order valence-electron chi connectivity index (χ3n) is 3.09. The van der Waals surface area contributed by atoms with Crippen molar-refractivity contribution in [2.24, 2.45) is 0 Å². The third-order valence-corrected chi connectivity index (χ3v) is 4.03. The predicted molar refractivity (Wildman–Crippen MR) is 80.9 cm³/mol. The number of hydrogen-bond acceptors (Lipinski definition) is 4. The zero-order valence-electron chi connectivity index (χ0n) is 11.8. The zero-order valence-corrected chi connectivity index (χ0v) is 12.6. The molecule has 1 aliphatic rings. The highest BCUT2D eigenvalue weighted by Gasteiger charge is 2.29. The Balaban J connectivity index is 1.77. The molecule has 0 atom stereocenters. The minimum absolute atomic E-state index is 0.0411. The number of urea groups is 1. The molecule has 2 aromatic rings. The van der Waals surface area contributed by atoms with Crippen LogP contribution in [0.3, 0.4) is 0 Å². The minimum Gasteiger partial charge on any atom is -0.482 e. The number of carbonyl (C=O) groups is 1. The molecule has 2 amide bonds. The Hall–Kier alpha value is -2.29. The fourth-order valence-electron chi connectivity index (χ4n) is 2.07. The van der Waals surface area contributed by atoms with Crippen LogP contribution < -0.4 is 10.1 Å². The number of nitrogens with one attached hydrogen (secondary N) is 1. The Morgan fingerprint density at radius 3 is 2.78 bits per heavy atom. The molecule has 0 saturated heterocycles. The van der Waals surface area contributed by atoms with E-state index in [0.29, 0.717) is 28.4 Å². The molecule has 1 aliphatic heterocycles. The first-order valence-corrected chi connectivity index (χ1v) is 7.54. The number of fused-ring (bicyclic) bond motifs is 1. The van der Waals surface area contributed by atoms with Crippen LogP contribution in [0.15, 0.2) is 30.4 Å². The van der Waals surface area contributed by atoms with Crippen LogP contribution in [0.2, 0.25) is 0 Å². The normalized spacial score (nSPS) is 14.5. The third kappa shape index (κ3) is 3.73. The van der Waals surface area contributed by atoms with Crippen LogP contribution >= 0.6 is 11.3 Å². The van der Waals surface area contributed by atoms with E-state index in [-0.39, 0.29) is 11.8 Å². The van der Waals surface area contributed by atoms with Gasteiger partial charge in [0.15, 0.2) is 11.7 Å². The Bertz CT molecular complexity index is 749. The molecule has 0 saturated carbocycles. The highest BCUT2D eigenvalue weighted by Crippen LogP contribution is 2.33. The highest BCUT2D eigenvalue weighted by atomic mass is 32.1. The number of aromatic nitrogens is 1. The van der Waals surface area contributed by atoms with Crippen molar-refractivity contribution in [3.8, 4) is 5.75 Å². The van der Waals surface area contributed by atoms with E-state index < -0.39 is 12.8 Å². The van der Waals surface area contributed by atoms with Gasteiger partial charge in [0.05, 0.1) is 4.70 Å². The fraction of sp³-hybridized carbons (Fsp3) is 0.286. The van der Waals surface area contributed by atoms with Crippen molar-refractivity contribution in [2.45, 2.75) is 6.18 Å². The number of carbonyl (C=O) groups excluding carboxylic acids is 1. The van der Waals surface area contributed by atoms with Crippen LogP contribution in [0.5, 0.6) is 5.75 Å². The molecule has 0 unspecified atom stereocenters. The molecule has 0 bridgehead atoms. The highest BCUT2D eigenvalue weighted by molar-refractivity contribution is 7.22. The molecule has 0 radical (unpaired) electrons. The summed E-state index contributed by atoms with van der Waals surface area (Å²) in [5.74, 6) is 0.0411. The second-order valence-electron chi connectivity index (χ2n) is 4.83. The fourth-order valence-corrected chi connectivity index (χ4v) is 2.94. The lowest BCUT2D eigenvalue weighted by Crippen LogP contribution is -2.32. The van der Waals surface area contributed by atoms with Crippen LogP contribution in [0, 0.1) is 0 Å². The average Bonchev–Trinajstić information content (AvgIpc) is 3.13. The maximum Gasteiger partial charge on any atom is 0.422 e. The molecule has 122 valence electrons. The molecule has 0 spiro atoms. The van der Waals surface area contributed by atoms with E-state index in [1.54, 1.807) is 17.0 Å². The number of hydrogen-bond donors (Lipinski definition) is 1. The summed E-state index contributed by atoms with van der Waals surface area (Å²) in [5, 5.41) is 2.97. The van der Waals surface area contributed by atoms with Crippen molar-refractivity contribution in [2.75, 3.05) is 25.0 Å². The SMILES string of the molecule is O=C(Nc1nc2c(OCC(F)(F)F)cccc2s1)N1CC=CC1. The first kappa shape index (κ1) is 15.6. The molecule has 0 fully saturated rings. The quantitative estimate of drug-likeness (QED) is 0.866. The summed E-state index contributed by atoms with van der Waals surface area (Å²) in [7, 11) is 0. The minimum atomic E-state index is -4.42. The van der Waals surface area contributed by atoms with Gasteiger partial charge in [0.2, 0.25) is 0 Å². The van der Waals surface area contributed by atoms with Gasteiger partial charge in [0.25, 0.3) is 0 Å². The lowest BCUT2D eigenvalue weighted by atomic mass is 10.3. The number of amides is 2. The number of nitrogens with zero attached hydrogens (tertiary/aromatic N) is 2. The van der Waals surface area contributed by atoms with E-state index in [4.69, 9.17) is 4.74 Å². The maximum absolute atomic E-state index is 12.3. The van der Waals surface area contributed by atoms with Gasteiger partial charge in [-0.3, -0.25) is 5.32 Å². The second kappa shape index (κ2) is 6.07. The van der Waals surface area contributed by atoms with E-state index >= 15 is 0 Å². The van der Waals surface area contributed by atoms with Crippen LogP contribution in [0.1, 0.15) is 0 Å². The van der Waals surface area contributed by atoms with Crippen LogP contribution in [-0.2, 0) is 0 Å². The summed E-state index contributed by atoms with van der Waals surface area (Å²) in [6, 6.07) is 4.42. The molecule has 0 aliphatic carbocycles. The summed E-state index contributed by atoms with van der Waals surface area (Å²) in [6.07, 6.45) is -0.667. The van der Waals surface area contributed by atoms with Crippen LogP contribution in [-0.4, -0.2) is 41.8 Å². The molecule has 23 heavy (non-hydrogen) atoms. The van der Waals surface area contributed by atoms with E-state index in [1.165, 1.54) is 17.4 Å². The van der Waals surface area contributed by atoms with Crippen molar-refractivity contribution >= 4 is 32.7 Å². The summed E-state index contributed by atoms with van der Waals surface area (Å²) >= 11 is 1.18. The maximum atomic E-state index is 12.3. The molecule has 2 heterocycles. The van der Waals surface area contributed by atoms with Crippen LogP contribution in [0.25, 0.3) is 10.2 Å².